The third-order valence-electron chi connectivity index (χ3n) is 1.08. The molecule has 0 aliphatic carbocycles. The van der Waals surface area contributed by atoms with Crippen LogP contribution in [0.5, 0.6) is 0 Å². The summed E-state index contributed by atoms with van der Waals surface area (Å²) in [6, 6.07) is 0. The lowest BCUT2D eigenvalue weighted by molar-refractivity contribution is -0.831. The maximum Gasteiger partial charge on any atom is 0.544 e. The molecule has 2 N–H and O–H groups in total. The van der Waals surface area contributed by atoms with Crippen molar-refractivity contribution in [2.24, 2.45) is 5.84 Å². The monoisotopic (exact) mass is 131 g/mol. The highest BCUT2D eigenvalue weighted by atomic mass is 16.6. The van der Waals surface area contributed by atoms with Crippen LogP contribution in [0.3, 0.4) is 0 Å². The Labute approximate surface area is 51.5 Å². The van der Waals surface area contributed by atoms with Gasteiger partial charge in [0.25, 0.3) is 0 Å². The minimum Gasteiger partial charge on any atom is -0.339 e. The summed E-state index contributed by atoms with van der Waals surface area (Å²) in [5.74, 6) is 4.69. The molecule has 0 aromatic heterocycles. The van der Waals surface area contributed by atoms with E-state index in [-0.39, 0.29) is 6.54 Å². The second-order valence-electron chi connectivity index (χ2n) is 2.17. The van der Waals surface area contributed by atoms with Gasteiger partial charge in [0, 0.05) is 0 Å². The summed E-state index contributed by atoms with van der Waals surface area (Å²) in [7, 11) is 1.41. The molecule has 1 aliphatic heterocycles. The van der Waals surface area contributed by atoms with E-state index in [1.807, 2.05) is 0 Å². The molecule has 0 bridgehead atoms. The molecule has 1 fully saturated rings. The lowest BCUT2D eigenvalue weighted by atomic mass is 10.6. The summed E-state index contributed by atoms with van der Waals surface area (Å²) in [4.78, 5) is 20.8. The molecule has 0 spiro atoms. The number of ether oxygens (including phenoxy) is 1. The lowest BCUT2D eigenvalue weighted by Crippen LogP contribution is -2.51. The molecule has 9 heavy (non-hydrogen) atoms. The molecular weight excluding hydrogens is 124 g/mol. The van der Waals surface area contributed by atoms with Gasteiger partial charge < -0.3 is 4.74 Å². The van der Waals surface area contributed by atoms with Crippen molar-refractivity contribution in [3.8, 4) is 0 Å². The normalized spacial score (nSPS) is 34.9. The molecule has 1 amide bonds. The second-order valence-corrected chi connectivity index (χ2v) is 2.17. The smallest absolute Gasteiger partial charge is 0.339 e. The van der Waals surface area contributed by atoms with E-state index in [4.69, 9.17) is 5.84 Å². The van der Waals surface area contributed by atoms with Crippen LogP contribution in [0.2, 0.25) is 0 Å². The van der Waals surface area contributed by atoms with Gasteiger partial charge in [0.1, 0.15) is 0 Å². The standard InChI is InChI=1S/C4H7N2O3/c1-6(5)2-3(7)9-4(6)8/h2,5H2,1H3/q+1. The minimum atomic E-state index is -0.694. The van der Waals surface area contributed by atoms with Crippen molar-refractivity contribution in [1.82, 2.24) is 0 Å². The first-order valence-electron chi connectivity index (χ1n) is 2.42. The van der Waals surface area contributed by atoms with E-state index in [2.05, 4.69) is 4.74 Å². The average Bonchev–Trinajstić information content (AvgIpc) is 1.79. The third kappa shape index (κ3) is 0.914. The van der Waals surface area contributed by atoms with Gasteiger partial charge >= 0.3 is 12.1 Å². The number of likely N-dealkylation sites (N-methyl/N-ethyl adjacent to an activating group) is 1. The number of carbonyl (C=O) groups excluding carboxylic acids is 2. The van der Waals surface area contributed by atoms with E-state index in [0.29, 0.717) is 0 Å². The van der Waals surface area contributed by atoms with E-state index in [9.17, 15) is 9.59 Å². The first kappa shape index (κ1) is 6.18. The van der Waals surface area contributed by atoms with Gasteiger partial charge in [0.05, 0.1) is 7.05 Å². The topological polar surface area (TPSA) is 69.4 Å². The maximum absolute atomic E-state index is 10.5. The van der Waals surface area contributed by atoms with Crippen LogP contribution in [0.15, 0.2) is 0 Å². The highest BCUT2D eigenvalue weighted by molar-refractivity contribution is 5.87. The number of rotatable bonds is 0. The Morgan fingerprint density at radius 3 is 2.33 bits per heavy atom. The van der Waals surface area contributed by atoms with Gasteiger partial charge in [-0.2, -0.15) is 10.6 Å². The van der Waals surface area contributed by atoms with Gasteiger partial charge in [-0.25, -0.2) is 4.79 Å². The Morgan fingerprint density at radius 1 is 1.67 bits per heavy atom. The van der Waals surface area contributed by atoms with Crippen LogP contribution in [-0.4, -0.2) is 30.2 Å². The SMILES string of the molecule is C[N+]1(N)CC(=O)OC1=O. The maximum atomic E-state index is 10.5. The van der Waals surface area contributed by atoms with Crippen LogP contribution in [-0.2, 0) is 9.53 Å². The highest BCUT2D eigenvalue weighted by Crippen LogP contribution is 2.06. The number of quaternary nitrogens is 1. The van der Waals surface area contributed by atoms with Gasteiger partial charge in [-0.15, -0.1) is 4.59 Å². The molecule has 1 unspecified atom stereocenters. The molecule has 0 radical (unpaired) electrons. The van der Waals surface area contributed by atoms with Crippen LogP contribution in [0.4, 0.5) is 4.79 Å². The number of hydrogen-bond acceptors (Lipinski definition) is 4. The summed E-state index contributed by atoms with van der Waals surface area (Å²) in [5.41, 5.74) is 0. The minimum absolute atomic E-state index is 0.0706. The van der Waals surface area contributed by atoms with E-state index in [0.717, 1.165) is 0 Å². The van der Waals surface area contributed by atoms with Crippen LogP contribution in [0.25, 0.3) is 0 Å². The Kier molecular flexibility index (Phi) is 1.04. The van der Waals surface area contributed by atoms with E-state index in [1.165, 1.54) is 7.05 Å². The zero-order chi connectivity index (χ0) is 7.07. The van der Waals surface area contributed by atoms with Gasteiger partial charge in [0.15, 0.2) is 0 Å². The zero-order valence-corrected chi connectivity index (χ0v) is 4.96. The molecule has 5 nitrogen and oxygen atoms in total. The Balaban J connectivity index is 2.81. The average molecular weight is 131 g/mol. The van der Waals surface area contributed by atoms with Gasteiger partial charge in [-0.3, -0.25) is 0 Å². The second kappa shape index (κ2) is 1.52. The molecule has 5 heteroatoms. The number of nitrogens with two attached hydrogens (primary N) is 1. The molecule has 1 rings (SSSR count). The number of cyclic esters (lactones) is 2. The fraction of sp³-hybridized carbons (Fsp3) is 0.500. The van der Waals surface area contributed by atoms with Gasteiger partial charge in [-0.1, -0.05) is 0 Å². The van der Waals surface area contributed by atoms with Crippen molar-refractivity contribution >= 4 is 12.1 Å². The Hall–Kier alpha value is -0.940. The third-order valence-corrected chi connectivity index (χ3v) is 1.08. The molecule has 1 heterocycles. The first-order valence-corrected chi connectivity index (χ1v) is 2.42. The molecule has 0 aromatic carbocycles. The molecule has 1 atom stereocenters. The van der Waals surface area contributed by atoms with Gasteiger partial charge in [0.2, 0.25) is 6.54 Å². The van der Waals surface area contributed by atoms with E-state index >= 15 is 0 Å². The van der Waals surface area contributed by atoms with Crippen LogP contribution in [0, 0.1) is 0 Å². The zero-order valence-electron chi connectivity index (χ0n) is 4.96. The lowest BCUT2D eigenvalue weighted by Gasteiger charge is -2.11. The summed E-state index contributed by atoms with van der Waals surface area (Å²) in [5, 5.41) is 0. The van der Waals surface area contributed by atoms with Gasteiger partial charge in [-0.05, 0) is 0 Å². The number of nitrogens with zero attached hydrogens (tertiary/aromatic N) is 1. The molecule has 0 aromatic rings. The van der Waals surface area contributed by atoms with Crippen molar-refractivity contribution in [3.05, 3.63) is 0 Å². The summed E-state index contributed by atoms with van der Waals surface area (Å²) < 4.78 is 3.66. The van der Waals surface area contributed by atoms with Crippen molar-refractivity contribution in [2.75, 3.05) is 13.6 Å². The number of hydrogen-bond donors (Lipinski definition) is 1. The van der Waals surface area contributed by atoms with Crippen LogP contribution < -0.4 is 5.84 Å². The Bertz CT molecular complexity index is 175. The summed E-state index contributed by atoms with van der Waals surface area (Å²) in [6.07, 6.45) is -0.694. The van der Waals surface area contributed by atoms with E-state index in [1.54, 1.807) is 0 Å². The first-order chi connectivity index (χ1) is 4.02. The van der Waals surface area contributed by atoms with Crippen molar-refractivity contribution < 1.29 is 18.9 Å². The quantitative estimate of drug-likeness (QED) is 0.150. The number of amides is 1. The Morgan fingerprint density at radius 2 is 2.22 bits per heavy atom. The largest absolute Gasteiger partial charge is 0.544 e. The van der Waals surface area contributed by atoms with Crippen molar-refractivity contribution in [1.29, 1.82) is 0 Å². The van der Waals surface area contributed by atoms with E-state index < -0.39 is 16.7 Å². The highest BCUT2D eigenvalue weighted by Gasteiger charge is 2.43. The van der Waals surface area contributed by atoms with Crippen LogP contribution in [0.1, 0.15) is 0 Å². The van der Waals surface area contributed by atoms with Crippen molar-refractivity contribution in [2.45, 2.75) is 0 Å². The summed E-state index contributed by atoms with van der Waals surface area (Å²) in [6.45, 7) is -0.0706. The predicted octanol–water partition coefficient (Wildman–Crippen LogP) is -1.02. The van der Waals surface area contributed by atoms with Crippen LogP contribution >= 0.6 is 0 Å². The predicted molar refractivity (Wildman–Crippen MR) is 26.7 cm³/mol. The summed E-state index contributed by atoms with van der Waals surface area (Å²) >= 11 is 0. The number of carbonyl (C=O) groups is 2. The number of esters is 1. The molecule has 0 saturated carbocycles. The fourth-order valence-electron chi connectivity index (χ4n) is 0.567. The molecule has 1 saturated heterocycles. The molecular formula is C4H7N2O3+. The molecule has 50 valence electrons. The fourth-order valence-corrected chi connectivity index (χ4v) is 0.567. The van der Waals surface area contributed by atoms with Crippen molar-refractivity contribution in [3.63, 3.8) is 0 Å². The molecule has 1 aliphatic rings.